The summed E-state index contributed by atoms with van der Waals surface area (Å²) in [6, 6.07) is 11.7. The van der Waals surface area contributed by atoms with Crippen LogP contribution in [0.1, 0.15) is 15.9 Å². The molecule has 2 heterocycles. The summed E-state index contributed by atoms with van der Waals surface area (Å²) < 4.78 is 16.4. The van der Waals surface area contributed by atoms with E-state index in [1.165, 1.54) is 17.8 Å². The summed E-state index contributed by atoms with van der Waals surface area (Å²) in [7, 11) is 0. The summed E-state index contributed by atoms with van der Waals surface area (Å²) in [4.78, 5) is 23.9. The number of fused-ring (bicyclic) bond motifs is 2. The molecule has 26 heavy (non-hydrogen) atoms. The topological polar surface area (TPSA) is 86.0 Å². The molecule has 0 unspecified atom stereocenters. The molecule has 0 bridgehead atoms. The number of thioether (sulfide) groups is 1. The van der Waals surface area contributed by atoms with Crippen molar-refractivity contribution in [3.63, 3.8) is 0 Å². The van der Waals surface area contributed by atoms with Gasteiger partial charge in [-0.05, 0) is 23.8 Å². The molecular formula is C19H14O6S. The normalized spacial score (nSPS) is 12.9. The first-order valence-corrected chi connectivity index (χ1v) is 8.92. The molecule has 1 aliphatic rings. The lowest BCUT2D eigenvalue weighted by Crippen LogP contribution is -2.15. The average molecular weight is 370 g/mol. The van der Waals surface area contributed by atoms with Crippen LogP contribution in [0.4, 0.5) is 0 Å². The summed E-state index contributed by atoms with van der Waals surface area (Å²) in [6.45, 7) is 0.912. The molecule has 0 radical (unpaired) electrons. The van der Waals surface area contributed by atoms with Gasteiger partial charge in [0, 0.05) is 28.2 Å². The highest BCUT2D eigenvalue weighted by Crippen LogP contribution is 2.37. The van der Waals surface area contributed by atoms with E-state index < -0.39 is 11.6 Å². The SMILES string of the molecule is O=C(O)c1ccccc1SCc1cc(=O)oc2cc3c(cc12)OCCO3. The van der Waals surface area contributed by atoms with Gasteiger partial charge in [-0.2, -0.15) is 0 Å². The van der Waals surface area contributed by atoms with Gasteiger partial charge in [-0.15, -0.1) is 11.8 Å². The Bertz CT molecular complexity index is 1060. The Kier molecular flexibility index (Phi) is 4.30. The maximum Gasteiger partial charge on any atom is 0.336 e. The van der Waals surface area contributed by atoms with Crippen molar-refractivity contribution in [2.75, 3.05) is 13.2 Å². The lowest BCUT2D eigenvalue weighted by molar-refractivity contribution is 0.0693. The second kappa shape index (κ2) is 6.76. The van der Waals surface area contributed by atoms with E-state index in [4.69, 9.17) is 13.9 Å². The fourth-order valence-electron chi connectivity index (χ4n) is 2.81. The Balaban J connectivity index is 1.72. The first-order chi connectivity index (χ1) is 12.6. The third-order valence-electron chi connectivity index (χ3n) is 3.99. The molecule has 0 saturated heterocycles. The second-order valence-electron chi connectivity index (χ2n) is 5.67. The van der Waals surface area contributed by atoms with Crippen LogP contribution in [0.5, 0.6) is 11.5 Å². The van der Waals surface area contributed by atoms with Gasteiger partial charge in [-0.1, -0.05) is 12.1 Å². The van der Waals surface area contributed by atoms with Crippen molar-refractivity contribution in [3.8, 4) is 11.5 Å². The van der Waals surface area contributed by atoms with Crippen molar-refractivity contribution in [2.45, 2.75) is 10.6 Å². The van der Waals surface area contributed by atoms with E-state index in [2.05, 4.69) is 0 Å². The monoisotopic (exact) mass is 370 g/mol. The first kappa shape index (κ1) is 16.5. The summed E-state index contributed by atoms with van der Waals surface area (Å²) in [6.07, 6.45) is 0. The summed E-state index contributed by atoms with van der Waals surface area (Å²) in [5, 5.41) is 10.0. The minimum absolute atomic E-state index is 0.235. The van der Waals surface area contributed by atoms with Gasteiger partial charge in [0.1, 0.15) is 18.8 Å². The van der Waals surface area contributed by atoms with Crippen molar-refractivity contribution in [3.05, 3.63) is 64.0 Å². The molecule has 1 aromatic heterocycles. The van der Waals surface area contributed by atoms with Crippen LogP contribution in [0.25, 0.3) is 11.0 Å². The molecule has 0 aliphatic carbocycles. The molecule has 4 rings (SSSR count). The standard InChI is InChI=1S/C19H14O6S/c20-18-7-11(10-26-17-4-2-1-3-12(17)19(21)22)13-8-15-16(9-14(13)25-18)24-6-5-23-15/h1-4,7-9H,5-6,10H2,(H,21,22). The quantitative estimate of drug-likeness (QED) is 0.555. The number of hydrogen-bond donors (Lipinski definition) is 1. The van der Waals surface area contributed by atoms with Crippen LogP contribution in [0.3, 0.4) is 0 Å². The zero-order valence-electron chi connectivity index (χ0n) is 13.6. The molecule has 1 N–H and O–H groups in total. The van der Waals surface area contributed by atoms with Gasteiger partial charge in [0.15, 0.2) is 11.5 Å². The van der Waals surface area contributed by atoms with Gasteiger partial charge in [0.05, 0.1) is 5.56 Å². The molecule has 3 aromatic rings. The number of carbonyl (C=O) groups is 1. The summed E-state index contributed by atoms with van der Waals surface area (Å²) in [5.74, 6) is 0.597. The van der Waals surface area contributed by atoms with E-state index in [0.717, 1.165) is 10.9 Å². The van der Waals surface area contributed by atoms with Crippen LogP contribution >= 0.6 is 11.8 Å². The molecule has 132 valence electrons. The van der Waals surface area contributed by atoms with Crippen LogP contribution < -0.4 is 15.1 Å². The molecule has 1 aliphatic heterocycles. The minimum Gasteiger partial charge on any atom is -0.486 e. The summed E-state index contributed by atoms with van der Waals surface area (Å²) in [5.41, 5.74) is 0.942. The largest absolute Gasteiger partial charge is 0.486 e. The summed E-state index contributed by atoms with van der Waals surface area (Å²) >= 11 is 1.36. The number of benzene rings is 2. The highest BCUT2D eigenvalue weighted by Gasteiger charge is 2.17. The average Bonchev–Trinajstić information content (AvgIpc) is 2.64. The van der Waals surface area contributed by atoms with Gasteiger partial charge in [-0.3, -0.25) is 0 Å². The molecule has 0 spiro atoms. The highest BCUT2D eigenvalue weighted by molar-refractivity contribution is 7.98. The third-order valence-corrected chi connectivity index (χ3v) is 5.12. The van der Waals surface area contributed by atoms with Crippen LogP contribution in [-0.4, -0.2) is 24.3 Å². The highest BCUT2D eigenvalue weighted by atomic mass is 32.2. The molecular weight excluding hydrogens is 356 g/mol. The molecule has 7 heteroatoms. The maximum absolute atomic E-state index is 11.9. The van der Waals surface area contributed by atoms with E-state index in [1.807, 2.05) is 0 Å². The number of ether oxygens (including phenoxy) is 2. The fourth-order valence-corrected chi connectivity index (χ4v) is 3.84. The van der Waals surface area contributed by atoms with Gasteiger partial charge in [-0.25, -0.2) is 9.59 Å². The molecule has 2 aromatic carbocycles. The first-order valence-electron chi connectivity index (χ1n) is 7.93. The predicted octanol–water partition coefficient (Wildman–Crippen LogP) is 3.55. The lowest BCUT2D eigenvalue weighted by atomic mass is 10.1. The van der Waals surface area contributed by atoms with E-state index in [1.54, 1.807) is 36.4 Å². The van der Waals surface area contributed by atoms with Gasteiger partial charge >= 0.3 is 11.6 Å². The van der Waals surface area contributed by atoms with Crippen molar-refractivity contribution >= 4 is 28.7 Å². The number of carboxylic acid groups (broad SMARTS) is 1. The fraction of sp³-hybridized carbons (Fsp3) is 0.158. The third kappa shape index (κ3) is 3.13. The zero-order valence-corrected chi connectivity index (χ0v) is 14.4. The van der Waals surface area contributed by atoms with Crippen LogP contribution in [0.15, 0.2) is 56.6 Å². The van der Waals surface area contributed by atoms with Gasteiger partial charge < -0.3 is 19.0 Å². The Labute approximate surface area is 152 Å². The zero-order chi connectivity index (χ0) is 18.1. The number of hydrogen-bond acceptors (Lipinski definition) is 6. The minimum atomic E-state index is -0.981. The maximum atomic E-state index is 11.9. The number of carboxylic acids is 1. The predicted molar refractivity (Wildman–Crippen MR) is 96.4 cm³/mol. The van der Waals surface area contributed by atoms with Crippen LogP contribution in [0.2, 0.25) is 0 Å². The Morgan fingerprint density at radius 1 is 1.08 bits per heavy atom. The lowest BCUT2D eigenvalue weighted by Gasteiger charge is -2.19. The smallest absolute Gasteiger partial charge is 0.336 e. The number of aromatic carboxylic acids is 1. The van der Waals surface area contributed by atoms with Crippen molar-refractivity contribution in [1.82, 2.24) is 0 Å². The molecule has 0 amide bonds. The molecule has 0 atom stereocenters. The van der Waals surface area contributed by atoms with Gasteiger partial charge in [0.25, 0.3) is 0 Å². The Morgan fingerprint density at radius 2 is 1.81 bits per heavy atom. The molecule has 0 fully saturated rings. The molecule has 0 saturated carbocycles. The van der Waals surface area contributed by atoms with E-state index in [-0.39, 0.29) is 5.56 Å². The van der Waals surface area contributed by atoms with Gasteiger partial charge in [0.2, 0.25) is 0 Å². The van der Waals surface area contributed by atoms with Crippen LogP contribution in [-0.2, 0) is 5.75 Å². The van der Waals surface area contributed by atoms with E-state index >= 15 is 0 Å². The van der Waals surface area contributed by atoms with Crippen LogP contribution in [0, 0.1) is 0 Å². The Hall–Kier alpha value is -2.93. The second-order valence-corrected chi connectivity index (χ2v) is 6.69. The Morgan fingerprint density at radius 3 is 2.58 bits per heavy atom. The van der Waals surface area contributed by atoms with E-state index in [0.29, 0.717) is 40.9 Å². The van der Waals surface area contributed by atoms with Crippen molar-refractivity contribution < 1.29 is 23.8 Å². The molecule has 6 nitrogen and oxygen atoms in total. The van der Waals surface area contributed by atoms with E-state index in [9.17, 15) is 14.7 Å². The van der Waals surface area contributed by atoms with Crippen molar-refractivity contribution in [1.29, 1.82) is 0 Å². The van der Waals surface area contributed by atoms with Crippen molar-refractivity contribution in [2.24, 2.45) is 0 Å². The number of rotatable bonds is 4.